The number of rotatable bonds is 16. The van der Waals surface area contributed by atoms with E-state index in [0.717, 1.165) is 12.8 Å². The molecule has 0 spiro atoms. The van der Waals surface area contributed by atoms with Crippen LogP contribution in [0.1, 0.15) is 97.3 Å². The molecule has 2 atom stereocenters. The Morgan fingerprint density at radius 3 is 1.57 bits per heavy atom. The molecular weight excluding hydrogens is 284 g/mol. The van der Waals surface area contributed by atoms with Crippen LogP contribution in [0.15, 0.2) is 0 Å². The third kappa shape index (κ3) is 12.5. The molecule has 0 saturated carbocycles. The molecule has 0 bridgehead atoms. The van der Waals surface area contributed by atoms with Crippen molar-refractivity contribution in [1.29, 1.82) is 0 Å². The van der Waals surface area contributed by atoms with Crippen LogP contribution in [-0.4, -0.2) is 30.9 Å². The Morgan fingerprint density at radius 1 is 0.826 bits per heavy atom. The first kappa shape index (κ1) is 22.4. The van der Waals surface area contributed by atoms with E-state index in [1.165, 1.54) is 70.6 Å². The SMILES string of the molecule is CCCCCCCCCCCCCCC(C(N)=O)C(C)N(C)C. The van der Waals surface area contributed by atoms with E-state index in [1.807, 2.05) is 14.1 Å². The van der Waals surface area contributed by atoms with Gasteiger partial charge in [-0.15, -0.1) is 0 Å². The zero-order valence-electron chi connectivity index (χ0n) is 16.3. The molecule has 0 heterocycles. The van der Waals surface area contributed by atoms with E-state index in [0.29, 0.717) is 0 Å². The van der Waals surface area contributed by atoms with Crippen LogP contribution in [0.2, 0.25) is 0 Å². The number of carbonyl (C=O) groups excluding carboxylic acids is 1. The predicted molar refractivity (Wildman–Crippen MR) is 102 cm³/mol. The molecular formula is C20H42N2O. The molecule has 0 fully saturated rings. The van der Waals surface area contributed by atoms with Crippen LogP contribution >= 0.6 is 0 Å². The summed E-state index contributed by atoms with van der Waals surface area (Å²) in [5, 5.41) is 0. The number of nitrogens with zero attached hydrogens (tertiary/aromatic N) is 1. The largest absolute Gasteiger partial charge is 0.369 e. The van der Waals surface area contributed by atoms with Gasteiger partial charge in [-0.3, -0.25) is 4.79 Å². The molecule has 0 aromatic rings. The minimum absolute atomic E-state index is 0.00637. The normalized spacial score (nSPS) is 14.1. The third-order valence-corrected chi connectivity index (χ3v) is 5.13. The minimum atomic E-state index is -0.144. The van der Waals surface area contributed by atoms with Gasteiger partial charge in [-0.05, 0) is 27.4 Å². The standard InChI is InChI=1S/C20H42N2O/c1-5-6-7-8-9-10-11-12-13-14-15-16-17-19(20(21)23)18(2)22(3)4/h18-19H,5-17H2,1-4H3,(H2,21,23). The molecule has 0 aliphatic carbocycles. The molecule has 138 valence electrons. The highest BCUT2D eigenvalue weighted by atomic mass is 16.1. The zero-order chi connectivity index (χ0) is 17.5. The second-order valence-electron chi connectivity index (χ2n) is 7.39. The van der Waals surface area contributed by atoms with Gasteiger partial charge in [0.05, 0.1) is 5.92 Å². The lowest BCUT2D eigenvalue weighted by molar-refractivity contribution is -0.123. The molecule has 0 aliphatic rings. The van der Waals surface area contributed by atoms with Gasteiger partial charge in [-0.25, -0.2) is 0 Å². The van der Waals surface area contributed by atoms with E-state index in [-0.39, 0.29) is 17.9 Å². The quantitative estimate of drug-likeness (QED) is 0.400. The molecule has 3 nitrogen and oxygen atoms in total. The summed E-state index contributed by atoms with van der Waals surface area (Å²) in [5.41, 5.74) is 5.55. The van der Waals surface area contributed by atoms with Crippen LogP contribution in [0.25, 0.3) is 0 Å². The Balaban J connectivity index is 3.48. The van der Waals surface area contributed by atoms with Crippen LogP contribution in [0.5, 0.6) is 0 Å². The lowest BCUT2D eigenvalue weighted by Gasteiger charge is -2.27. The molecule has 0 aliphatic heterocycles. The van der Waals surface area contributed by atoms with Crippen molar-refractivity contribution in [2.24, 2.45) is 11.7 Å². The van der Waals surface area contributed by atoms with E-state index in [2.05, 4.69) is 18.7 Å². The van der Waals surface area contributed by atoms with Crippen LogP contribution in [0, 0.1) is 5.92 Å². The first-order valence-electron chi connectivity index (χ1n) is 9.96. The van der Waals surface area contributed by atoms with E-state index in [4.69, 9.17) is 5.73 Å². The average molecular weight is 327 g/mol. The summed E-state index contributed by atoms with van der Waals surface area (Å²) in [6, 6.07) is 0.236. The maximum absolute atomic E-state index is 11.6. The van der Waals surface area contributed by atoms with Crippen LogP contribution < -0.4 is 5.73 Å². The fourth-order valence-corrected chi connectivity index (χ4v) is 3.19. The van der Waals surface area contributed by atoms with Crippen molar-refractivity contribution in [3.63, 3.8) is 0 Å². The third-order valence-electron chi connectivity index (χ3n) is 5.13. The lowest BCUT2D eigenvalue weighted by Crippen LogP contribution is -2.40. The summed E-state index contributed by atoms with van der Waals surface area (Å²) < 4.78 is 0. The number of hydrogen-bond donors (Lipinski definition) is 1. The van der Waals surface area contributed by atoms with Gasteiger partial charge in [0.2, 0.25) is 5.91 Å². The Labute approximate surface area is 145 Å². The number of amides is 1. The van der Waals surface area contributed by atoms with Crippen molar-refractivity contribution in [2.45, 2.75) is 103 Å². The summed E-state index contributed by atoms with van der Waals surface area (Å²) >= 11 is 0. The first-order valence-corrected chi connectivity index (χ1v) is 9.96. The summed E-state index contributed by atoms with van der Waals surface area (Å²) in [5.74, 6) is -0.151. The molecule has 1 amide bonds. The van der Waals surface area contributed by atoms with Crippen LogP contribution in [0.4, 0.5) is 0 Å². The van der Waals surface area contributed by atoms with Gasteiger partial charge in [-0.2, -0.15) is 0 Å². The Hall–Kier alpha value is -0.570. The molecule has 2 unspecified atom stereocenters. The topological polar surface area (TPSA) is 46.3 Å². The van der Waals surface area contributed by atoms with Gasteiger partial charge in [-0.1, -0.05) is 84.0 Å². The molecule has 0 aromatic heterocycles. The van der Waals surface area contributed by atoms with Crippen molar-refractivity contribution in [3.8, 4) is 0 Å². The number of nitrogens with two attached hydrogens (primary N) is 1. The maximum Gasteiger partial charge on any atom is 0.222 e. The van der Waals surface area contributed by atoms with Gasteiger partial charge in [0.25, 0.3) is 0 Å². The second-order valence-corrected chi connectivity index (χ2v) is 7.39. The number of unbranched alkanes of at least 4 members (excludes halogenated alkanes) is 11. The Bertz CT molecular complexity index is 279. The lowest BCUT2D eigenvalue weighted by atomic mass is 9.92. The fourth-order valence-electron chi connectivity index (χ4n) is 3.19. The minimum Gasteiger partial charge on any atom is -0.369 e. The van der Waals surface area contributed by atoms with Crippen molar-refractivity contribution < 1.29 is 4.79 Å². The van der Waals surface area contributed by atoms with E-state index in [1.54, 1.807) is 0 Å². The van der Waals surface area contributed by atoms with Crippen molar-refractivity contribution in [3.05, 3.63) is 0 Å². The Morgan fingerprint density at radius 2 is 1.22 bits per heavy atom. The van der Waals surface area contributed by atoms with Crippen molar-refractivity contribution >= 4 is 5.91 Å². The van der Waals surface area contributed by atoms with E-state index in [9.17, 15) is 4.79 Å². The van der Waals surface area contributed by atoms with Gasteiger partial charge in [0.15, 0.2) is 0 Å². The molecule has 2 N–H and O–H groups in total. The van der Waals surface area contributed by atoms with Crippen molar-refractivity contribution in [2.75, 3.05) is 14.1 Å². The molecule has 0 radical (unpaired) electrons. The highest BCUT2D eigenvalue weighted by molar-refractivity contribution is 5.77. The van der Waals surface area contributed by atoms with Crippen molar-refractivity contribution in [1.82, 2.24) is 4.90 Å². The first-order chi connectivity index (χ1) is 11.0. The predicted octanol–water partition coefficient (Wildman–Crippen LogP) is 5.13. The maximum atomic E-state index is 11.6. The fraction of sp³-hybridized carbons (Fsp3) is 0.950. The van der Waals surface area contributed by atoms with Crippen LogP contribution in [0.3, 0.4) is 0 Å². The van der Waals surface area contributed by atoms with Gasteiger partial charge in [0.1, 0.15) is 0 Å². The van der Waals surface area contributed by atoms with Gasteiger partial charge >= 0.3 is 0 Å². The molecule has 0 rings (SSSR count). The van der Waals surface area contributed by atoms with Gasteiger partial charge < -0.3 is 10.6 Å². The Kier molecular flexibility index (Phi) is 14.6. The monoisotopic (exact) mass is 326 g/mol. The molecule has 0 saturated heterocycles. The number of carbonyl (C=O) groups is 1. The molecule has 23 heavy (non-hydrogen) atoms. The average Bonchev–Trinajstić information content (AvgIpc) is 2.51. The second kappa shape index (κ2) is 15.0. The highest BCUT2D eigenvalue weighted by Crippen LogP contribution is 2.18. The summed E-state index contributed by atoms with van der Waals surface area (Å²) in [7, 11) is 4.03. The van der Waals surface area contributed by atoms with Crippen LogP contribution in [-0.2, 0) is 4.79 Å². The molecule has 3 heteroatoms. The smallest absolute Gasteiger partial charge is 0.222 e. The zero-order valence-corrected chi connectivity index (χ0v) is 16.3. The van der Waals surface area contributed by atoms with E-state index >= 15 is 0 Å². The van der Waals surface area contributed by atoms with E-state index < -0.39 is 0 Å². The van der Waals surface area contributed by atoms with Gasteiger partial charge in [0, 0.05) is 6.04 Å². The number of primary amides is 1. The molecule has 0 aromatic carbocycles. The summed E-state index contributed by atoms with van der Waals surface area (Å²) in [6.45, 7) is 4.36. The highest BCUT2D eigenvalue weighted by Gasteiger charge is 2.23. The summed E-state index contributed by atoms with van der Waals surface area (Å²) in [4.78, 5) is 13.7. The number of hydrogen-bond acceptors (Lipinski definition) is 2. The summed E-state index contributed by atoms with van der Waals surface area (Å²) in [6.07, 6.45) is 17.1.